The van der Waals surface area contributed by atoms with Gasteiger partial charge in [0.15, 0.2) is 0 Å². The zero-order valence-corrected chi connectivity index (χ0v) is 12.0. The Balaban J connectivity index is 0. The van der Waals surface area contributed by atoms with Crippen LogP contribution in [-0.2, 0) is 14.0 Å². The van der Waals surface area contributed by atoms with E-state index in [9.17, 15) is 9.59 Å². The summed E-state index contributed by atoms with van der Waals surface area (Å²) in [6.07, 6.45) is 5.00. The third kappa shape index (κ3) is 12.6. The van der Waals surface area contributed by atoms with E-state index in [0.717, 1.165) is 25.3 Å². The molecule has 0 unspecified atom stereocenters. The van der Waals surface area contributed by atoms with Crippen molar-refractivity contribution >= 4 is 22.4 Å². The second-order valence-corrected chi connectivity index (χ2v) is 3.50. The summed E-state index contributed by atoms with van der Waals surface area (Å²) in [6.45, 7) is 8.74. The Bertz CT molecular complexity index is 248. The SMILES string of the molecule is C=C(CCCCC)C(=O)O[SiH3].C=CC(=O)O. The van der Waals surface area contributed by atoms with Gasteiger partial charge in [0.1, 0.15) is 0 Å². The molecule has 0 saturated heterocycles. The van der Waals surface area contributed by atoms with E-state index in [1.54, 1.807) is 0 Å². The number of unbranched alkanes of at least 4 members (excludes halogenated alkanes) is 2. The predicted molar refractivity (Wildman–Crippen MR) is 67.1 cm³/mol. The van der Waals surface area contributed by atoms with E-state index in [2.05, 4.69) is 24.5 Å². The molecule has 0 rings (SSSR count). The van der Waals surface area contributed by atoms with Crippen molar-refractivity contribution < 1.29 is 19.1 Å². The molecule has 4 nitrogen and oxygen atoms in total. The molecule has 0 saturated carbocycles. The highest BCUT2D eigenvalue weighted by molar-refractivity contribution is 6.09. The Morgan fingerprint density at radius 2 is 1.94 bits per heavy atom. The van der Waals surface area contributed by atoms with E-state index in [1.165, 1.54) is 6.42 Å². The van der Waals surface area contributed by atoms with E-state index >= 15 is 0 Å². The van der Waals surface area contributed by atoms with Crippen LogP contribution >= 0.6 is 0 Å². The summed E-state index contributed by atoms with van der Waals surface area (Å²) < 4.78 is 4.64. The predicted octanol–water partition coefficient (Wildman–Crippen LogP) is 1.20. The first kappa shape index (κ1) is 17.0. The molecule has 0 aromatic heterocycles. The van der Waals surface area contributed by atoms with E-state index in [-0.39, 0.29) is 5.97 Å². The monoisotopic (exact) mass is 244 g/mol. The summed E-state index contributed by atoms with van der Waals surface area (Å²) >= 11 is 0. The van der Waals surface area contributed by atoms with Crippen LogP contribution in [0, 0.1) is 0 Å². The number of hydrogen-bond donors (Lipinski definition) is 1. The summed E-state index contributed by atoms with van der Waals surface area (Å²) in [4.78, 5) is 20.1. The minimum Gasteiger partial charge on any atom is -0.526 e. The molecule has 0 aromatic carbocycles. The van der Waals surface area contributed by atoms with Crippen LogP contribution < -0.4 is 0 Å². The number of carbonyl (C=O) groups is 2. The number of carboxylic acids is 1. The highest BCUT2D eigenvalue weighted by Crippen LogP contribution is 2.07. The first-order valence-electron chi connectivity index (χ1n) is 5.11. The van der Waals surface area contributed by atoms with Crippen LogP contribution in [-0.4, -0.2) is 27.5 Å². The minimum atomic E-state index is -0.981. The normalized spacial score (nSPS) is 8.56. The summed E-state index contributed by atoms with van der Waals surface area (Å²) in [6, 6.07) is 0. The van der Waals surface area contributed by atoms with Crippen molar-refractivity contribution in [1.82, 2.24) is 0 Å². The van der Waals surface area contributed by atoms with E-state index in [1.807, 2.05) is 0 Å². The maximum Gasteiger partial charge on any atom is 0.327 e. The fourth-order valence-electron chi connectivity index (χ4n) is 0.835. The summed E-state index contributed by atoms with van der Waals surface area (Å²) in [5.74, 6) is -1.20. The third-order valence-corrected chi connectivity index (χ3v) is 2.10. The lowest BCUT2D eigenvalue weighted by atomic mass is 10.1. The first-order chi connectivity index (χ1) is 7.49. The van der Waals surface area contributed by atoms with Gasteiger partial charge in [0.05, 0.1) is 0 Å². The minimum absolute atomic E-state index is 0.215. The van der Waals surface area contributed by atoms with E-state index < -0.39 is 5.97 Å². The molecule has 0 aliphatic rings. The van der Waals surface area contributed by atoms with Crippen LogP contribution in [0.2, 0.25) is 0 Å². The zero-order valence-electron chi connectivity index (χ0n) is 9.99. The number of hydrogen-bond acceptors (Lipinski definition) is 3. The van der Waals surface area contributed by atoms with Crippen LogP contribution in [0.25, 0.3) is 0 Å². The molecule has 0 aliphatic carbocycles. The Morgan fingerprint density at radius 1 is 1.44 bits per heavy atom. The second-order valence-electron chi connectivity index (χ2n) is 3.09. The van der Waals surface area contributed by atoms with Crippen molar-refractivity contribution in [2.75, 3.05) is 0 Å². The quantitative estimate of drug-likeness (QED) is 0.433. The molecule has 0 heterocycles. The van der Waals surface area contributed by atoms with Crippen LogP contribution in [0.3, 0.4) is 0 Å². The smallest absolute Gasteiger partial charge is 0.327 e. The van der Waals surface area contributed by atoms with Crippen molar-refractivity contribution in [3.05, 3.63) is 24.8 Å². The average molecular weight is 244 g/mol. The van der Waals surface area contributed by atoms with Crippen molar-refractivity contribution in [3.63, 3.8) is 0 Å². The van der Waals surface area contributed by atoms with Crippen molar-refractivity contribution in [1.29, 1.82) is 0 Å². The molecular formula is C11H20O4Si. The molecule has 16 heavy (non-hydrogen) atoms. The van der Waals surface area contributed by atoms with Crippen LogP contribution in [0.5, 0.6) is 0 Å². The molecule has 5 heteroatoms. The van der Waals surface area contributed by atoms with Gasteiger partial charge in [0.25, 0.3) is 0 Å². The standard InChI is InChI=1S/C8H16O2Si.C3H4O2/c1-3-4-5-6-7(2)8(9)10-11;1-2-3(4)5/h2-6H2,1,11H3;2H,1H2,(H,4,5). The molecule has 0 aromatic rings. The van der Waals surface area contributed by atoms with Gasteiger partial charge in [-0.25, -0.2) is 9.59 Å². The Morgan fingerprint density at radius 3 is 2.25 bits per heavy atom. The van der Waals surface area contributed by atoms with Gasteiger partial charge >= 0.3 is 11.9 Å². The maximum atomic E-state index is 10.8. The van der Waals surface area contributed by atoms with Crippen molar-refractivity contribution in [3.8, 4) is 0 Å². The Labute approximate surface area is 99.5 Å². The summed E-state index contributed by atoms with van der Waals surface area (Å²) in [5, 5.41) is 7.60. The Hall–Kier alpha value is -1.36. The maximum absolute atomic E-state index is 10.8. The molecule has 0 atom stereocenters. The largest absolute Gasteiger partial charge is 0.526 e. The number of carboxylic acid groups (broad SMARTS) is 1. The van der Waals surface area contributed by atoms with Gasteiger partial charge in [-0.2, -0.15) is 0 Å². The van der Waals surface area contributed by atoms with Crippen molar-refractivity contribution in [2.45, 2.75) is 32.6 Å². The summed E-state index contributed by atoms with van der Waals surface area (Å²) in [7, 11) is 0.470. The number of carbonyl (C=O) groups excluding carboxylic acids is 1. The van der Waals surface area contributed by atoms with Gasteiger partial charge < -0.3 is 9.53 Å². The van der Waals surface area contributed by atoms with E-state index in [0.29, 0.717) is 16.1 Å². The van der Waals surface area contributed by atoms with Gasteiger partial charge in [-0.05, 0) is 12.8 Å². The molecule has 0 radical (unpaired) electrons. The van der Waals surface area contributed by atoms with E-state index in [4.69, 9.17) is 5.11 Å². The number of rotatable bonds is 6. The molecule has 1 N–H and O–H groups in total. The fourth-order valence-corrected chi connectivity index (χ4v) is 1.12. The van der Waals surface area contributed by atoms with Gasteiger partial charge in [-0.1, -0.05) is 32.9 Å². The topological polar surface area (TPSA) is 63.6 Å². The second kappa shape index (κ2) is 11.7. The first-order valence-corrected chi connectivity index (χ1v) is 5.92. The van der Waals surface area contributed by atoms with Crippen LogP contribution in [0.4, 0.5) is 0 Å². The number of aliphatic carboxylic acids is 1. The highest BCUT2D eigenvalue weighted by atomic mass is 28.2. The highest BCUT2D eigenvalue weighted by Gasteiger charge is 2.03. The van der Waals surface area contributed by atoms with Crippen molar-refractivity contribution in [2.24, 2.45) is 0 Å². The lowest BCUT2D eigenvalue weighted by Gasteiger charge is -2.02. The van der Waals surface area contributed by atoms with Gasteiger partial charge in [-0.3, -0.25) is 0 Å². The van der Waals surface area contributed by atoms with Gasteiger partial charge in [-0.15, -0.1) is 0 Å². The van der Waals surface area contributed by atoms with Crippen LogP contribution in [0.15, 0.2) is 24.8 Å². The lowest BCUT2D eigenvalue weighted by molar-refractivity contribution is -0.131. The van der Waals surface area contributed by atoms with Gasteiger partial charge in [0.2, 0.25) is 10.5 Å². The lowest BCUT2D eigenvalue weighted by Crippen LogP contribution is -2.04. The fraction of sp³-hybridized carbons (Fsp3) is 0.455. The molecule has 0 amide bonds. The summed E-state index contributed by atoms with van der Waals surface area (Å²) in [5.41, 5.74) is 0.619. The van der Waals surface area contributed by atoms with Gasteiger partial charge in [0, 0.05) is 11.6 Å². The Kier molecular flexibility index (Phi) is 12.5. The average Bonchev–Trinajstić information content (AvgIpc) is 2.28. The zero-order chi connectivity index (χ0) is 13.0. The molecule has 0 fully saturated rings. The molecule has 92 valence electrons. The third-order valence-electron chi connectivity index (χ3n) is 1.73. The van der Waals surface area contributed by atoms with Crippen LogP contribution in [0.1, 0.15) is 32.6 Å². The molecular weight excluding hydrogens is 224 g/mol. The molecule has 0 aliphatic heterocycles. The molecule has 0 spiro atoms. The molecule has 0 bridgehead atoms.